The zero-order chi connectivity index (χ0) is 22.0. The summed E-state index contributed by atoms with van der Waals surface area (Å²) >= 11 is 0. The van der Waals surface area contributed by atoms with Crippen molar-refractivity contribution in [2.45, 2.75) is 56.4 Å². The van der Waals surface area contributed by atoms with Gasteiger partial charge in [-0.05, 0) is 55.5 Å². The number of benzene rings is 1. The normalized spacial score (nSPS) is 20.1. The van der Waals surface area contributed by atoms with E-state index >= 15 is 0 Å². The summed E-state index contributed by atoms with van der Waals surface area (Å²) in [6.07, 6.45) is 9.75. The third kappa shape index (κ3) is 3.92. The van der Waals surface area contributed by atoms with Gasteiger partial charge in [0.2, 0.25) is 12.7 Å². The highest BCUT2D eigenvalue weighted by molar-refractivity contribution is 5.94. The summed E-state index contributed by atoms with van der Waals surface area (Å²) in [7, 11) is 0. The van der Waals surface area contributed by atoms with Gasteiger partial charge < -0.3 is 19.7 Å². The molecule has 0 spiro atoms. The summed E-state index contributed by atoms with van der Waals surface area (Å²) in [4.78, 5) is 32.4. The predicted molar refractivity (Wildman–Crippen MR) is 119 cm³/mol. The van der Waals surface area contributed by atoms with Crippen LogP contribution in [0.15, 0.2) is 42.7 Å². The van der Waals surface area contributed by atoms with E-state index in [4.69, 9.17) is 9.47 Å². The lowest BCUT2D eigenvalue weighted by Gasteiger charge is -2.42. The number of aromatic nitrogens is 1. The average Bonchev–Trinajstić information content (AvgIpc) is 3.33. The van der Waals surface area contributed by atoms with E-state index < -0.39 is 5.41 Å². The molecule has 1 saturated heterocycles. The highest BCUT2D eigenvalue weighted by Crippen LogP contribution is 2.44. The van der Waals surface area contributed by atoms with Crippen LogP contribution in [0.25, 0.3) is 0 Å². The van der Waals surface area contributed by atoms with Gasteiger partial charge in [-0.3, -0.25) is 14.6 Å². The molecule has 7 nitrogen and oxygen atoms in total. The van der Waals surface area contributed by atoms with Crippen molar-refractivity contribution in [2.24, 2.45) is 0 Å². The molecule has 2 aromatic rings. The predicted octanol–water partition coefficient (Wildman–Crippen LogP) is 3.43. The largest absolute Gasteiger partial charge is 0.454 e. The Hall–Kier alpha value is -3.09. The molecule has 0 bridgehead atoms. The van der Waals surface area contributed by atoms with Gasteiger partial charge in [-0.25, -0.2) is 0 Å². The number of likely N-dealkylation sites (tertiary alicyclic amines) is 1. The van der Waals surface area contributed by atoms with Crippen molar-refractivity contribution in [2.75, 3.05) is 19.9 Å². The Morgan fingerprint density at radius 1 is 1.03 bits per heavy atom. The van der Waals surface area contributed by atoms with E-state index in [1.807, 2.05) is 23.1 Å². The second kappa shape index (κ2) is 8.81. The fraction of sp³-hybridized carbons (Fsp3) is 0.480. The lowest BCUT2D eigenvalue weighted by Crippen LogP contribution is -2.53. The standard InChI is InChI=1S/C25H29N3O4/c29-23(18-5-4-12-26-16-18)27-20-8-13-28(14-9-20)24(30)25(10-2-1-3-11-25)19-6-7-21-22(15-19)32-17-31-21/h4-7,12,15-16,20H,1-3,8-11,13-14,17H2,(H,27,29). The van der Waals surface area contributed by atoms with E-state index in [-0.39, 0.29) is 24.6 Å². The number of hydrogen-bond acceptors (Lipinski definition) is 5. The molecule has 2 amide bonds. The number of carbonyl (C=O) groups is 2. The first-order valence-electron chi connectivity index (χ1n) is 11.6. The van der Waals surface area contributed by atoms with E-state index in [9.17, 15) is 9.59 Å². The molecule has 2 fully saturated rings. The highest BCUT2D eigenvalue weighted by Gasteiger charge is 2.44. The topological polar surface area (TPSA) is 80.8 Å². The summed E-state index contributed by atoms with van der Waals surface area (Å²) < 4.78 is 11.1. The van der Waals surface area contributed by atoms with Crippen molar-refractivity contribution in [3.8, 4) is 11.5 Å². The quantitative estimate of drug-likeness (QED) is 0.796. The number of rotatable bonds is 4. The van der Waals surface area contributed by atoms with Gasteiger partial charge in [-0.2, -0.15) is 0 Å². The van der Waals surface area contributed by atoms with Crippen molar-refractivity contribution >= 4 is 11.8 Å². The van der Waals surface area contributed by atoms with Crippen LogP contribution in [-0.4, -0.2) is 47.6 Å². The van der Waals surface area contributed by atoms with Gasteiger partial charge in [0.1, 0.15) is 0 Å². The molecule has 0 unspecified atom stereocenters. The number of piperidine rings is 1. The maximum Gasteiger partial charge on any atom is 0.253 e. The lowest BCUT2D eigenvalue weighted by atomic mass is 9.68. The van der Waals surface area contributed by atoms with Crippen LogP contribution >= 0.6 is 0 Å². The van der Waals surface area contributed by atoms with Gasteiger partial charge in [0.25, 0.3) is 5.91 Å². The Morgan fingerprint density at radius 3 is 2.56 bits per heavy atom. The SMILES string of the molecule is O=C(NC1CCN(C(=O)C2(c3ccc4c(c3)OCO4)CCCCC2)CC1)c1cccnc1. The molecule has 0 radical (unpaired) electrons. The maximum absolute atomic E-state index is 13.9. The van der Waals surface area contributed by atoms with Crippen molar-refractivity contribution < 1.29 is 19.1 Å². The third-order valence-electron chi connectivity index (χ3n) is 7.08. The van der Waals surface area contributed by atoms with Crippen LogP contribution in [0.2, 0.25) is 0 Å². The Morgan fingerprint density at radius 2 is 1.81 bits per heavy atom. The smallest absolute Gasteiger partial charge is 0.253 e. The fourth-order valence-corrected chi connectivity index (χ4v) is 5.27. The molecular formula is C25H29N3O4. The molecule has 3 heterocycles. The summed E-state index contributed by atoms with van der Waals surface area (Å²) in [6.45, 7) is 1.55. The van der Waals surface area contributed by atoms with Crippen LogP contribution in [0.4, 0.5) is 0 Å². The average molecular weight is 436 g/mol. The first-order valence-corrected chi connectivity index (χ1v) is 11.6. The van der Waals surface area contributed by atoms with E-state index in [1.165, 1.54) is 6.42 Å². The molecule has 32 heavy (non-hydrogen) atoms. The molecule has 1 saturated carbocycles. The Balaban J connectivity index is 1.28. The minimum Gasteiger partial charge on any atom is -0.454 e. The molecule has 1 N–H and O–H groups in total. The minimum absolute atomic E-state index is 0.0691. The summed E-state index contributed by atoms with van der Waals surface area (Å²) in [6, 6.07) is 9.57. The van der Waals surface area contributed by atoms with Crippen molar-refractivity contribution in [3.05, 3.63) is 53.9 Å². The van der Waals surface area contributed by atoms with Crippen LogP contribution in [0, 0.1) is 0 Å². The Kier molecular flexibility index (Phi) is 5.72. The number of ether oxygens (including phenoxy) is 2. The van der Waals surface area contributed by atoms with Crippen molar-refractivity contribution in [1.29, 1.82) is 0 Å². The van der Waals surface area contributed by atoms with E-state index in [2.05, 4.69) is 10.3 Å². The Labute approximate surface area is 188 Å². The summed E-state index contributed by atoms with van der Waals surface area (Å²) in [5.74, 6) is 1.59. The number of carbonyl (C=O) groups excluding carboxylic acids is 2. The molecule has 1 aromatic carbocycles. The second-order valence-corrected chi connectivity index (χ2v) is 8.99. The summed E-state index contributed by atoms with van der Waals surface area (Å²) in [5, 5.41) is 3.10. The van der Waals surface area contributed by atoms with Gasteiger partial charge in [0.15, 0.2) is 11.5 Å². The number of fused-ring (bicyclic) bond motifs is 1. The molecule has 168 valence electrons. The number of nitrogens with one attached hydrogen (secondary N) is 1. The lowest BCUT2D eigenvalue weighted by molar-refractivity contribution is -0.140. The molecular weight excluding hydrogens is 406 g/mol. The number of pyridine rings is 1. The molecule has 3 aliphatic rings. The summed E-state index contributed by atoms with van der Waals surface area (Å²) in [5.41, 5.74) is 1.11. The van der Waals surface area contributed by atoms with Crippen LogP contribution in [0.5, 0.6) is 11.5 Å². The number of amides is 2. The minimum atomic E-state index is -0.495. The zero-order valence-electron chi connectivity index (χ0n) is 18.2. The van der Waals surface area contributed by atoms with Crippen LogP contribution in [0.1, 0.15) is 60.9 Å². The second-order valence-electron chi connectivity index (χ2n) is 8.99. The van der Waals surface area contributed by atoms with E-state index in [0.29, 0.717) is 18.7 Å². The van der Waals surface area contributed by atoms with Crippen molar-refractivity contribution in [1.82, 2.24) is 15.2 Å². The zero-order valence-corrected chi connectivity index (χ0v) is 18.2. The van der Waals surface area contributed by atoms with Gasteiger partial charge in [0, 0.05) is 31.5 Å². The molecule has 1 aliphatic carbocycles. The molecule has 0 atom stereocenters. The van der Waals surface area contributed by atoms with E-state index in [0.717, 1.165) is 55.6 Å². The van der Waals surface area contributed by atoms with Gasteiger partial charge in [-0.1, -0.05) is 25.3 Å². The monoisotopic (exact) mass is 435 g/mol. The van der Waals surface area contributed by atoms with Crippen LogP contribution in [-0.2, 0) is 10.2 Å². The van der Waals surface area contributed by atoms with Crippen LogP contribution < -0.4 is 14.8 Å². The third-order valence-corrected chi connectivity index (χ3v) is 7.08. The highest BCUT2D eigenvalue weighted by atomic mass is 16.7. The maximum atomic E-state index is 13.9. The number of hydrogen-bond donors (Lipinski definition) is 1. The van der Waals surface area contributed by atoms with Gasteiger partial charge in [0.05, 0.1) is 11.0 Å². The van der Waals surface area contributed by atoms with Gasteiger partial charge in [-0.15, -0.1) is 0 Å². The molecule has 2 aliphatic heterocycles. The van der Waals surface area contributed by atoms with Gasteiger partial charge >= 0.3 is 0 Å². The van der Waals surface area contributed by atoms with Crippen molar-refractivity contribution in [3.63, 3.8) is 0 Å². The van der Waals surface area contributed by atoms with Crippen LogP contribution in [0.3, 0.4) is 0 Å². The van der Waals surface area contributed by atoms with E-state index in [1.54, 1.807) is 24.5 Å². The molecule has 7 heteroatoms. The fourth-order valence-electron chi connectivity index (χ4n) is 5.27. The molecule has 5 rings (SSSR count). The number of nitrogens with zero attached hydrogens (tertiary/aromatic N) is 2. The Bertz CT molecular complexity index is 980. The molecule has 1 aromatic heterocycles. The first-order chi connectivity index (χ1) is 15.7. The first kappa shape index (κ1) is 20.8.